The summed E-state index contributed by atoms with van der Waals surface area (Å²) in [6.45, 7) is 15.4. The fourth-order valence-electron chi connectivity index (χ4n) is 8.51. The molecule has 1 heterocycles. The zero-order chi connectivity index (χ0) is 22.4. The number of benzene rings is 1. The first-order valence-electron chi connectivity index (χ1n) is 13.2. The molecular formula is C29H40BNO. The van der Waals surface area contributed by atoms with E-state index in [0.29, 0.717) is 29.4 Å². The molecule has 0 amide bonds. The van der Waals surface area contributed by atoms with Crippen molar-refractivity contribution in [3.8, 4) is 5.75 Å². The molecule has 0 N–H and O–H groups in total. The second kappa shape index (κ2) is 7.00. The molecule has 4 saturated carbocycles. The highest BCUT2D eigenvalue weighted by molar-refractivity contribution is 6.56. The fraction of sp³-hybridized carbons (Fsp3) is 0.690. The molecule has 0 unspecified atom stereocenters. The van der Waals surface area contributed by atoms with Gasteiger partial charge in [-0.2, -0.15) is 0 Å². The SMILES string of the molecule is C[C@@H]1C[C@H]2[C@@H](C[C@H]1B(Oc1cccc3cccnc13)[C@@H]1C[C@@H]3[C@H](C[C@H]1C)C3(C)C)C2(C)C. The summed E-state index contributed by atoms with van der Waals surface area (Å²) in [6, 6.07) is 10.7. The minimum atomic E-state index is 0.308. The Kier molecular flexibility index (Phi) is 4.61. The molecule has 0 radical (unpaired) electrons. The lowest BCUT2D eigenvalue weighted by Crippen LogP contribution is -2.42. The van der Waals surface area contributed by atoms with Gasteiger partial charge in [-0.05, 0) is 95.8 Å². The molecule has 2 nitrogen and oxygen atoms in total. The van der Waals surface area contributed by atoms with Gasteiger partial charge in [0.25, 0.3) is 0 Å². The van der Waals surface area contributed by atoms with Gasteiger partial charge in [0.2, 0.25) is 0 Å². The zero-order valence-corrected chi connectivity index (χ0v) is 20.8. The van der Waals surface area contributed by atoms with Crippen LogP contribution in [0.2, 0.25) is 11.6 Å². The number of nitrogens with zero attached hydrogens (tertiary/aromatic N) is 1. The van der Waals surface area contributed by atoms with Crippen LogP contribution in [0.15, 0.2) is 36.5 Å². The largest absolute Gasteiger partial charge is 0.559 e. The van der Waals surface area contributed by atoms with Crippen LogP contribution in [-0.4, -0.2) is 11.9 Å². The van der Waals surface area contributed by atoms with Crippen LogP contribution >= 0.6 is 0 Å². The molecule has 170 valence electrons. The highest BCUT2D eigenvalue weighted by atomic mass is 16.4. The lowest BCUT2D eigenvalue weighted by atomic mass is 9.38. The van der Waals surface area contributed by atoms with E-state index in [1.807, 2.05) is 12.3 Å². The van der Waals surface area contributed by atoms with E-state index in [0.717, 1.165) is 46.8 Å². The van der Waals surface area contributed by atoms with Crippen LogP contribution in [0, 0.1) is 46.3 Å². The summed E-state index contributed by atoms with van der Waals surface area (Å²) in [5, 5.41) is 1.18. The van der Waals surface area contributed by atoms with E-state index in [1.54, 1.807) is 0 Å². The molecule has 4 aliphatic carbocycles. The number of aromatic nitrogens is 1. The highest BCUT2D eigenvalue weighted by Crippen LogP contribution is 2.71. The number of hydrogen-bond acceptors (Lipinski definition) is 2. The van der Waals surface area contributed by atoms with Gasteiger partial charge in [-0.1, -0.05) is 59.7 Å². The molecule has 2 aromatic rings. The Bertz CT molecular complexity index is 983. The summed E-state index contributed by atoms with van der Waals surface area (Å²) >= 11 is 0. The van der Waals surface area contributed by atoms with Crippen LogP contribution in [0.1, 0.15) is 67.2 Å². The molecular weight excluding hydrogens is 389 g/mol. The van der Waals surface area contributed by atoms with Crippen LogP contribution < -0.4 is 4.65 Å². The molecule has 0 bridgehead atoms. The maximum absolute atomic E-state index is 7.16. The third kappa shape index (κ3) is 3.09. The van der Waals surface area contributed by atoms with Gasteiger partial charge in [0, 0.05) is 11.6 Å². The van der Waals surface area contributed by atoms with Crippen LogP contribution in [0.25, 0.3) is 10.9 Å². The van der Waals surface area contributed by atoms with Crippen molar-refractivity contribution >= 4 is 17.8 Å². The molecule has 6 rings (SSSR count). The number of fused-ring (bicyclic) bond motifs is 3. The van der Waals surface area contributed by atoms with Gasteiger partial charge in [0.15, 0.2) is 0 Å². The van der Waals surface area contributed by atoms with Gasteiger partial charge in [-0.15, -0.1) is 0 Å². The van der Waals surface area contributed by atoms with Crippen LogP contribution in [0.4, 0.5) is 0 Å². The predicted molar refractivity (Wildman–Crippen MR) is 134 cm³/mol. The third-order valence-corrected chi connectivity index (χ3v) is 11.0. The van der Waals surface area contributed by atoms with Crippen molar-refractivity contribution in [2.75, 3.05) is 0 Å². The van der Waals surface area contributed by atoms with Gasteiger partial charge in [0.1, 0.15) is 11.3 Å². The monoisotopic (exact) mass is 429 g/mol. The Morgan fingerprint density at radius 2 is 1.31 bits per heavy atom. The van der Waals surface area contributed by atoms with E-state index in [2.05, 4.69) is 65.8 Å². The second-order valence-corrected chi connectivity index (χ2v) is 13.2. The molecule has 8 atom stereocenters. The van der Waals surface area contributed by atoms with E-state index in [1.165, 1.54) is 31.1 Å². The summed E-state index contributed by atoms with van der Waals surface area (Å²) in [5.74, 6) is 7.45. The summed E-state index contributed by atoms with van der Waals surface area (Å²) in [6.07, 6.45) is 7.37. The Hall–Kier alpha value is -1.51. The first-order chi connectivity index (χ1) is 15.2. The number of rotatable bonds is 4. The Balaban J connectivity index is 1.35. The topological polar surface area (TPSA) is 22.1 Å². The minimum Gasteiger partial charge on any atom is -0.559 e. The minimum absolute atomic E-state index is 0.308. The van der Waals surface area contributed by atoms with Gasteiger partial charge in [-0.25, -0.2) is 0 Å². The lowest BCUT2D eigenvalue weighted by Gasteiger charge is -2.40. The lowest BCUT2D eigenvalue weighted by molar-refractivity contribution is 0.303. The first kappa shape index (κ1) is 21.1. The maximum Gasteiger partial charge on any atom is 0.364 e. The van der Waals surface area contributed by atoms with Crippen LogP contribution in [0.5, 0.6) is 5.75 Å². The second-order valence-electron chi connectivity index (χ2n) is 13.2. The van der Waals surface area contributed by atoms with E-state index < -0.39 is 0 Å². The smallest absolute Gasteiger partial charge is 0.364 e. The average Bonchev–Trinajstić information content (AvgIpc) is 3.51. The van der Waals surface area contributed by atoms with Gasteiger partial charge < -0.3 is 4.65 Å². The first-order valence-corrected chi connectivity index (χ1v) is 13.2. The zero-order valence-electron chi connectivity index (χ0n) is 20.8. The quantitative estimate of drug-likeness (QED) is 0.464. The maximum atomic E-state index is 7.16. The van der Waals surface area contributed by atoms with Gasteiger partial charge in [0.05, 0.1) is 0 Å². The third-order valence-electron chi connectivity index (χ3n) is 11.0. The molecule has 1 aromatic carbocycles. The molecule has 4 aliphatic rings. The van der Waals surface area contributed by atoms with Crippen molar-refractivity contribution in [1.82, 2.24) is 4.98 Å². The average molecular weight is 429 g/mol. The Morgan fingerprint density at radius 3 is 1.91 bits per heavy atom. The van der Waals surface area contributed by atoms with Crippen molar-refractivity contribution in [3.05, 3.63) is 36.5 Å². The van der Waals surface area contributed by atoms with Crippen LogP contribution in [-0.2, 0) is 0 Å². The highest BCUT2D eigenvalue weighted by Gasteiger charge is 2.65. The number of hydrogen-bond donors (Lipinski definition) is 0. The molecule has 32 heavy (non-hydrogen) atoms. The number of para-hydroxylation sites is 1. The number of pyridine rings is 1. The van der Waals surface area contributed by atoms with Crippen molar-refractivity contribution in [2.24, 2.45) is 46.3 Å². The summed E-state index contributed by atoms with van der Waals surface area (Å²) < 4.78 is 7.16. The standard InChI is InChI=1S/C29H40BNO/c1-17-13-20-22(28(20,3)4)15-24(17)30(25-16-23-21(14-18(25)2)29(23,5)6)32-26-11-7-9-19-10-8-12-31-27(19)26/h7-12,17-18,20-25H,13-16H2,1-6H3/t17-,18-,20+,21+,22-,23-,24-,25-/m1/s1. The van der Waals surface area contributed by atoms with E-state index >= 15 is 0 Å². The summed E-state index contributed by atoms with van der Waals surface area (Å²) in [5.41, 5.74) is 2.10. The van der Waals surface area contributed by atoms with Gasteiger partial charge >= 0.3 is 6.92 Å². The summed E-state index contributed by atoms with van der Waals surface area (Å²) in [7, 11) is 0. The normalized spacial score (nSPS) is 40.8. The van der Waals surface area contributed by atoms with Crippen LogP contribution in [0.3, 0.4) is 0 Å². The molecule has 0 spiro atoms. The van der Waals surface area contributed by atoms with E-state index in [9.17, 15) is 0 Å². The van der Waals surface area contributed by atoms with Crippen molar-refractivity contribution in [2.45, 2.75) is 78.9 Å². The molecule has 4 fully saturated rings. The van der Waals surface area contributed by atoms with Crippen molar-refractivity contribution < 1.29 is 4.65 Å². The Morgan fingerprint density at radius 1 is 0.781 bits per heavy atom. The van der Waals surface area contributed by atoms with E-state index in [-0.39, 0.29) is 0 Å². The van der Waals surface area contributed by atoms with Crippen molar-refractivity contribution in [1.29, 1.82) is 0 Å². The predicted octanol–water partition coefficient (Wildman–Crippen LogP) is 7.75. The molecule has 3 heteroatoms. The fourth-order valence-corrected chi connectivity index (χ4v) is 8.51. The van der Waals surface area contributed by atoms with Crippen molar-refractivity contribution in [3.63, 3.8) is 0 Å². The van der Waals surface area contributed by atoms with Gasteiger partial charge in [-0.3, -0.25) is 4.98 Å². The van der Waals surface area contributed by atoms with E-state index in [4.69, 9.17) is 9.64 Å². The molecule has 0 aliphatic heterocycles. The Labute approximate surface area is 195 Å². The summed E-state index contributed by atoms with van der Waals surface area (Å²) in [4.78, 5) is 4.73. The molecule has 0 saturated heterocycles. The molecule has 1 aromatic heterocycles.